The maximum atomic E-state index is 12.4. The number of hydrogen-bond acceptors (Lipinski definition) is 5. The highest BCUT2D eigenvalue weighted by atomic mass is 79.9. The van der Waals surface area contributed by atoms with Crippen LogP contribution in [0.1, 0.15) is 25.6 Å². The zero-order chi connectivity index (χ0) is 18.1. The zero-order valence-corrected chi connectivity index (χ0v) is 15.7. The summed E-state index contributed by atoms with van der Waals surface area (Å²) in [4.78, 5) is 25.6. The third-order valence-corrected chi connectivity index (χ3v) is 5.10. The molecule has 2 heterocycles. The van der Waals surface area contributed by atoms with Crippen LogP contribution in [0.15, 0.2) is 70.2 Å². The van der Waals surface area contributed by atoms with Crippen molar-refractivity contribution in [1.29, 1.82) is 0 Å². The molecule has 4 nitrogen and oxygen atoms in total. The maximum Gasteiger partial charge on any atom is 0.343 e. The fraction of sp³-hybridized carbons (Fsp3) is 0. The molecule has 0 aliphatic carbocycles. The highest BCUT2D eigenvalue weighted by Gasteiger charge is 2.28. The van der Waals surface area contributed by atoms with E-state index in [0.29, 0.717) is 22.6 Å². The van der Waals surface area contributed by atoms with Gasteiger partial charge in [0.15, 0.2) is 5.76 Å². The maximum absolute atomic E-state index is 12.4. The molecule has 0 saturated heterocycles. The van der Waals surface area contributed by atoms with E-state index in [0.717, 1.165) is 9.35 Å². The predicted octanol–water partition coefficient (Wildman–Crippen LogP) is 5.35. The van der Waals surface area contributed by atoms with Gasteiger partial charge in [-0.1, -0.05) is 22.0 Å². The number of ketones is 1. The van der Waals surface area contributed by atoms with Crippen LogP contribution in [-0.4, -0.2) is 11.8 Å². The Morgan fingerprint density at radius 1 is 1.12 bits per heavy atom. The van der Waals surface area contributed by atoms with Crippen molar-refractivity contribution in [1.82, 2.24) is 0 Å². The number of fused-ring (bicyclic) bond motifs is 1. The summed E-state index contributed by atoms with van der Waals surface area (Å²) in [5.74, 6) is 0.315. The summed E-state index contributed by atoms with van der Waals surface area (Å²) in [6, 6.07) is 15.4. The van der Waals surface area contributed by atoms with Crippen LogP contribution in [0.4, 0.5) is 0 Å². The second-order valence-electron chi connectivity index (χ2n) is 5.51. The number of rotatable bonds is 3. The minimum absolute atomic E-state index is 0.181. The van der Waals surface area contributed by atoms with Gasteiger partial charge in [-0.3, -0.25) is 4.79 Å². The molecule has 26 heavy (non-hydrogen) atoms. The molecule has 0 bridgehead atoms. The summed E-state index contributed by atoms with van der Waals surface area (Å²) >= 11 is 4.84. The number of hydrogen-bond donors (Lipinski definition) is 0. The molecule has 0 atom stereocenters. The van der Waals surface area contributed by atoms with Gasteiger partial charge in [0.05, 0.1) is 11.1 Å². The predicted molar refractivity (Wildman–Crippen MR) is 103 cm³/mol. The lowest BCUT2D eigenvalue weighted by Crippen LogP contribution is -2.08. The highest BCUT2D eigenvalue weighted by Crippen LogP contribution is 2.35. The Labute approximate surface area is 161 Å². The van der Waals surface area contributed by atoms with Crippen LogP contribution in [0.2, 0.25) is 0 Å². The molecule has 0 amide bonds. The summed E-state index contributed by atoms with van der Waals surface area (Å²) in [5, 5.41) is 1.93. The SMILES string of the molecule is O=C(Oc1ccc2c(c1)OC(=Cc1cccs1)C2=O)c1ccc(Br)cc1. The van der Waals surface area contributed by atoms with Crippen molar-refractivity contribution in [3.05, 3.63) is 86.2 Å². The van der Waals surface area contributed by atoms with Crippen LogP contribution in [0.3, 0.4) is 0 Å². The molecule has 1 aliphatic heterocycles. The van der Waals surface area contributed by atoms with E-state index in [-0.39, 0.29) is 11.5 Å². The normalized spacial score (nSPS) is 14.2. The second-order valence-corrected chi connectivity index (χ2v) is 7.40. The molecule has 0 fully saturated rings. The van der Waals surface area contributed by atoms with E-state index >= 15 is 0 Å². The van der Waals surface area contributed by atoms with E-state index in [1.807, 2.05) is 17.5 Å². The standard InChI is InChI=1S/C20H11BrO4S/c21-13-5-3-12(4-6-13)20(23)24-14-7-8-16-17(10-14)25-18(19(16)22)11-15-2-1-9-26-15/h1-11H. The third kappa shape index (κ3) is 3.34. The smallest absolute Gasteiger partial charge is 0.343 e. The van der Waals surface area contributed by atoms with Gasteiger partial charge in [-0.2, -0.15) is 0 Å². The number of esters is 1. The summed E-state index contributed by atoms with van der Waals surface area (Å²) in [5.41, 5.74) is 0.889. The number of ether oxygens (including phenoxy) is 2. The average Bonchev–Trinajstić information content (AvgIpc) is 3.24. The lowest BCUT2D eigenvalue weighted by atomic mass is 10.1. The quantitative estimate of drug-likeness (QED) is 0.322. The largest absolute Gasteiger partial charge is 0.452 e. The minimum atomic E-state index is -0.476. The van der Waals surface area contributed by atoms with E-state index in [1.54, 1.807) is 48.5 Å². The molecule has 128 valence electrons. The first-order valence-electron chi connectivity index (χ1n) is 7.70. The molecule has 2 aromatic carbocycles. The van der Waals surface area contributed by atoms with Gasteiger partial charge in [0.1, 0.15) is 11.5 Å². The Morgan fingerprint density at radius 3 is 2.65 bits per heavy atom. The molecular formula is C20H11BrO4S. The zero-order valence-electron chi connectivity index (χ0n) is 13.3. The number of carbonyl (C=O) groups excluding carboxylic acids is 2. The van der Waals surface area contributed by atoms with Crippen molar-refractivity contribution in [3.63, 3.8) is 0 Å². The monoisotopic (exact) mass is 426 g/mol. The topological polar surface area (TPSA) is 52.6 Å². The number of thiophene rings is 1. The molecule has 0 radical (unpaired) electrons. The van der Waals surface area contributed by atoms with Gasteiger partial charge in [0.25, 0.3) is 0 Å². The minimum Gasteiger partial charge on any atom is -0.452 e. The van der Waals surface area contributed by atoms with Gasteiger partial charge < -0.3 is 9.47 Å². The van der Waals surface area contributed by atoms with E-state index in [4.69, 9.17) is 9.47 Å². The molecule has 6 heteroatoms. The first-order valence-corrected chi connectivity index (χ1v) is 9.37. The number of halogens is 1. The molecule has 1 aliphatic rings. The average molecular weight is 427 g/mol. The van der Waals surface area contributed by atoms with E-state index in [1.165, 1.54) is 11.3 Å². The molecular weight excluding hydrogens is 416 g/mol. The van der Waals surface area contributed by atoms with E-state index < -0.39 is 5.97 Å². The van der Waals surface area contributed by atoms with Gasteiger partial charge in [0, 0.05) is 21.5 Å². The lowest BCUT2D eigenvalue weighted by Gasteiger charge is -2.05. The Hall–Kier alpha value is -2.70. The Kier molecular flexibility index (Phi) is 4.44. The summed E-state index contributed by atoms with van der Waals surface area (Å²) in [7, 11) is 0. The summed E-state index contributed by atoms with van der Waals surface area (Å²) < 4.78 is 11.9. The Bertz CT molecular complexity index is 1020. The van der Waals surface area contributed by atoms with E-state index in [9.17, 15) is 9.59 Å². The van der Waals surface area contributed by atoms with Crippen LogP contribution in [0.25, 0.3) is 6.08 Å². The van der Waals surface area contributed by atoms with Crippen LogP contribution in [0.5, 0.6) is 11.5 Å². The van der Waals surface area contributed by atoms with Crippen LogP contribution >= 0.6 is 27.3 Å². The van der Waals surface area contributed by atoms with Crippen molar-refractivity contribution in [2.24, 2.45) is 0 Å². The fourth-order valence-corrected chi connectivity index (χ4v) is 3.40. The number of carbonyl (C=O) groups is 2. The van der Waals surface area contributed by atoms with Crippen molar-refractivity contribution >= 4 is 45.1 Å². The summed E-state index contributed by atoms with van der Waals surface area (Å²) in [6.45, 7) is 0. The summed E-state index contributed by atoms with van der Waals surface area (Å²) in [6.07, 6.45) is 1.71. The Morgan fingerprint density at radius 2 is 1.92 bits per heavy atom. The molecule has 0 saturated carbocycles. The molecule has 1 aromatic heterocycles. The number of allylic oxidation sites excluding steroid dienone is 1. The molecule has 3 aromatic rings. The van der Waals surface area contributed by atoms with Crippen molar-refractivity contribution < 1.29 is 19.1 Å². The first-order chi connectivity index (χ1) is 12.6. The number of benzene rings is 2. The second kappa shape index (κ2) is 6.90. The van der Waals surface area contributed by atoms with Crippen LogP contribution in [0, 0.1) is 0 Å². The van der Waals surface area contributed by atoms with Crippen molar-refractivity contribution in [3.8, 4) is 11.5 Å². The van der Waals surface area contributed by atoms with Crippen LogP contribution in [-0.2, 0) is 0 Å². The molecule has 0 N–H and O–H groups in total. The fourth-order valence-electron chi connectivity index (χ4n) is 2.49. The molecule has 4 rings (SSSR count). The lowest BCUT2D eigenvalue weighted by molar-refractivity contribution is 0.0734. The first kappa shape index (κ1) is 16.8. The van der Waals surface area contributed by atoms with Gasteiger partial charge in [0.2, 0.25) is 5.78 Å². The molecule has 0 unspecified atom stereocenters. The van der Waals surface area contributed by atoms with Crippen molar-refractivity contribution in [2.45, 2.75) is 0 Å². The van der Waals surface area contributed by atoms with Crippen molar-refractivity contribution in [2.75, 3.05) is 0 Å². The van der Waals surface area contributed by atoms with Crippen LogP contribution < -0.4 is 9.47 Å². The van der Waals surface area contributed by atoms with Gasteiger partial charge in [-0.25, -0.2) is 4.79 Å². The third-order valence-electron chi connectivity index (χ3n) is 3.75. The number of Topliss-reactive ketones (excluding diaryl/α,β-unsaturated/α-hetero) is 1. The van der Waals surface area contributed by atoms with Gasteiger partial charge in [-0.05, 0) is 47.8 Å². The Balaban J connectivity index is 1.55. The highest BCUT2D eigenvalue weighted by molar-refractivity contribution is 9.10. The van der Waals surface area contributed by atoms with Gasteiger partial charge >= 0.3 is 5.97 Å². The van der Waals surface area contributed by atoms with Gasteiger partial charge in [-0.15, -0.1) is 11.3 Å². The van der Waals surface area contributed by atoms with E-state index in [2.05, 4.69) is 15.9 Å². The molecule has 0 spiro atoms.